The van der Waals surface area contributed by atoms with Crippen LogP contribution in [0.5, 0.6) is 0 Å². The lowest BCUT2D eigenvalue weighted by Crippen LogP contribution is -2.56. The first kappa shape index (κ1) is 37.6. The van der Waals surface area contributed by atoms with Gasteiger partial charge in [-0.25, -0.2) is 0 Å². The van der Waals surface area contributed by atoms with Crippen molar-refractivity contribution < 1.29 is 9.47 Å². The highest BCUT2D eigenvalue weighted by molar-refractivity contribution is 5.09. The maximum atomic E-state index is 7.56. The Balaban J connectivity index is 0.762. The maximum Gasteiger partial charge on any atom is 0.0667 e. The van der Waals surface area contributed by atoms with E-state index in [2.05, 4.69) is 4.90 Å². The minimum absolute atomic E-state index is 0.523. The van der Waals surface area contributed by atoms with Gasteiger partial charge in [0.15, 0.2) is 0 Å². The van der Waals surface area contributed by atoms with Gasteiger partial charge in [0.1, 0.15) is 0 Å². The van der Waals surface area contributed by atoms with E-state index >= 15 is 0 Å². The number of fused-ring (bicyclic) bond motifs is 12. The Hall–Kier alpha value is -0.120. The predicted octanol–water partition coefficient (Wildman–Crippen LogP) is 13.2. The highest BCUT2D eigenvalue weighted by Gasteiger charge is 2.61. The van der Waals surface area contributed by atoms with Crippen molar-refractivity contribution in [3.63, 3.8) is 0 Å². The Morgan fingerprint density at radius 1 is 0.286 bits per heavy atom. The summed E-state index contributed by atoms with van der Waals surface area (Å²) in [5, 5.41) is 0. The first-order valence-electron chi connectivity index (χ1n) is 26.8. The fraction of sp³-hybridized carbons (Fsp3) is 1.00. The third-order valence-electron chi connectivity index (χ3n) is 22.1. The van der Waals surface area contributed by atoms with Crippen LogP contribution < -0.4 is 0 Å². The summed E-state index contributed by atoms with van der Waals surface area (Å²) in [6, 6.07) is 2.70. The second kappa shape index (κ2) is 16.0. The molecule has 0 N–H and O–H groups in total. The van der Waals surface area contributed by atoms with Crippen LogP contribution in [0.25, 0.3) is 0 Å². The van der Waals surface area contributed by atoms with E-state index in [1.165, 1.54) is 103 Å². The Morgan fingerprint density at radius 2 is 0.839 bits per heavy atom. The molecule has 2 saturated heterocycles. The number of hydrogen-bond acceptors (Lipinski definition) is 3. The molecule has 0 spiro atoms. The van der Waals surface area contributed by atoms with Gasteiger partial charge in [-0.3, -0.25) is 4.90 Å². The third-order valence-corrected chi connectivity index (χ3v) is 22.1. The molecule has 12 aliphatic rings. The van der Waals surface area contributed by atoms with Crippen molar-refractivity contribution in [2.24, 2.45) is 82.9 Å². The fourth-order valence-corrected chi connectivity index (χ4v) is 20.0. The normalized spacial score (nSPS) is 54.6. The quantitative estimate of drug-likeness (QED) is 0.278. The average molecular weight is 768 g/mol. The van der Waals surface area contributed by atoms with Gasteiger partial charge in [0, 0.05) is 24.0 Å². The number of hydrogen-bond donors (Lipinski definition) is 0. The molecule has 314 valence electrons. The van der Waals surface area contributed by atoms with Crippen LogP contribution in [0.2, 0.25) is 0 Å². The van der Waals surface area contributed by atoms with Crippen molar-refractivity contribution in [2.45, 2.75) is 248 Å². The Labute approximate surface area is 344 Å². The van der Waals surface area contributed by atoms with E-state index in [0.29, 0.717) is 24.4 Å². The van der Waals surface area contributed by atoms with Gasteiger partial charge < -0.3 is 9.47 Å². The standard InChI is InChI=1S/C53H85NO2/c1-2-10-33(11-3-1)34-20-25-37(26-21-34)54(48-18-9-16-41-42-29-24-35-12-4-5-13-39(35)46(42)32-47(41)48)38-27-22-36(23-28-38)40-15-8-17-43-44-30-31-50-51(53(44)56-52(40)43)45-14-6-7-19-49(45)55-50/h33-53H,1-32H2. The lowest BCUT2D eigenvalue weighted by Gasteiger charge is -2.53. The molecule has 0 aromatic rings. The maximum absolute atomic E-state index is 7.56. The molecule has 10 saturated carbocycles. The summed E-state index contributed by atoms with van der Waals surface area (Å²) < 4.78 is 14.4. The van der Waals surface area contributed by atoms with Crippen LogP contribution in [0.3, 0.4) is 0 Å². The van der Waals surface area contributed by atoms with Gasteiger partial charge in [0.25, 0.3) is 0 Å². The SMILES string of the molecule is C1CCC(C2CCC(N(C3CCC(C4CCCC5C6CCC7OC8CCCCC8C7C6OC45)CC3)C3CCCC4C5CCC6CCCCC6C5CC43)CC2)CC1. The van der Waals surface area contributed by atoms with Gasteiger partial charge in [-0.2, -0.15) is 0 Å². The molecule has 0 radical (unpaired) electrons. The topological polar surface area (TPSA) is 21.7 Å². The predicted molar refractivity (Wildman–Crippen MR) is 227 cm³/mol. The molecule has 12 fully saturated rings. The van der Waals surface area contributed by atoms with Crippen molar-refractivity contribution in [3.8, 4) is 0 Å². The van der Waals surface area contributed by atoms with E-state index < -0.39 is 0 Å². The molecule has 56 heavy (non-hydrogen) atoms. The number of nitrogens with zero attached hydrogens (tertiary/aromatic N) is 1. The molecule has 16 atom stereocenters. The largest absolute Gasteiger partial charge is 0.374 e. The molecule has 0 amide bonds. The van der Waals surface area contributed by atoms with Crippen LogP contribution in [0.4, 0.5) is 0 Å². The first-order chi connectivity index (χ1) is 27.8. The van der Waals surface area contributed by atoms with Gasteiger partial charge in [0.2, 0.25) is 0 Å². The van der Waals surface area contributed by atoms with E-state index in [-0.39, 0.29) is 0 Å². The molecule has 12 rings (SSSR count). The van der Waals surface area contributed by atoms with E-state index in [4.69, 9.17) is 9.47 Å². The molecule has 3 heteroatoms. The molecule has 0 bridgehead atoms. The van der Waals surface area contributed by atoms with Gasteiger partial charge in [0.05, 0.1) is 24.4 Å². The van der Waals surface area contributed by atoms with Crippen LogP contribution >= 0.6 is 0 Å². The summed E-state index contributed by atoms with van der Waals surface area (Å²) in [6.07, 6.45) is 50.7. The summed E-state index contributed by atoms with van der Waals surface area (Å²) in [5.74, 6) is 13.7. The molecule has 16 unspecified atom stereocenters. The van der Waals surface area contributed by atoms with E-state index in [1.54, 1.807) is 103 Å². The Kier molecular flexibility index (Phi) is 10.7. The van der Waals surface area contributed by atoms with Crippen molar-refractivity contribution in [3.05, 3.63) is 0 Å². The highest BCUT2D eigenvalue weighted by atomic mass is 16.5. The second-order valence-electron chi connectivity index (χ2n) is 24.0. The molecule has 2 aliphatic heterocycles. The van der Waals surface area contributed by atoms with Gasteiger partial charge >= 0.3 is 0 Å². The number of ether oxygens (including phenoxy) is 2. The average Bonchev–Trinajstić information content (AvgIpc) is 3.96. The lowest BCUT2D eigenvalue weighted by atomic mass is 9.61. The van der Waals surface area contributed by atoms with Crippen LogP contribution in [0.15, 0.2) is 0 Å². The zero-order valence-corrected chi connectivity index (χ0v) is 36.0. The van der Waals surface area contributed by atoms with Crippen LogP contribution in [0.1, 0.15) is 205 Å². The van der Waals surface area contributed by atoms with E-state index in [9.17, 15) is 0 Å². The first-order valence-corrected chi connectivity index (χ1v) is 26.8. The van der Waals surface area contributed by atoms with E-state index in [1.807, 2.05) is 0 Å². The minimum atomic E-state index is 0.523. The smallest absolute Gasteiger partial charge is 0.0667 e. The second-order valence-corrected chi connectivity index (χ2v) is 24.0. The molecular weight excluding hydrogens is 683 g/mol. The zero-order valence-electron chi connectivity index (χ0n) is 36.0. The van der Waals surface area contributed by atoms with Crippen molar-refractivity contribution >= 4 is 0 Å². The molecule has 3 nitrogen and oxygen atoms in total. The molecule has 10 aliphatic carbocycles. The van der Waals surface area contributed by atoms with Crippen LogP contribution in [0, 0.1) is 82.9 Å². The van der Waals surface area contributed by atoms with E-state index in [0.717, 1.165) is 101 Å². The summed E-state index contributed by atoms with van der Waals surface area (Å²) in [4.78, 5) is 3.45. The van der Waals surface area contributed by atoms with Gasteiger partial charge in [-0.1, -0.05) is 77.0 Å². The van der Waals surface area contributed by atoms with Gasteiger partial charge in [-0.15, -0.1) is 0 Å². The van der Waals surface area contributed by atoms with Crippen molar-refractivity contribution in [2.75, 3.05) is 0 Å². The van der Waals surface area contributed by atoms with Crippen molar-refractivity contribution in [1.29, 1.82) is 0 Å². The van der Waals surface area contributed by atoms with Gasteiger partial charge in [-0.05, 0) is 205 Å². The summed E-state index contributed by atoms with van der Waals surface area (Å²) in [6.45, 7) is 0. The minimum Gasteiger partial charge on any atom is -0.374 e. The summed E-state index contributed by atoms with van der Waals surface area (Å²) >= 11 is 0. The van der Waals surface area contributed by atoms with Crippen molar-refractivity contribution in [1.82, 2.24) is 4.90 Å². The molecule has 0 aromatic heterocycles. The molecule has 0 aromatic carbocycles. The molecular formula is C53H85NO2. The zero-order chi connectivity index (χ0) is 36.7. The van der Waals surface area contributed by atoms with Crippen LogP contribution in [-0.2, 0) is 9.47 Å². The summed E-state index contributed by atoms with van der Waals surface area (Å²) in [7, 11) is 0. The fourth-order valence-electron chi connectivity index (χ4n) is 20.0. The highest BCUT2D eigenvalue weighted by Crippen LogP contribution is 2.62. The Morgan fingerprint density at radius 3 is 1.68 bits per heavy atom. The number of rotatable bonds is 5. The van der Waals surface area contributed by atoms with Crippen LogP contribution in [-0.4, -0.2) is 47.4 Å². The monoisotopic (exact) mass is 768 g/mol. The summed E-state index contributed by atoms with van der Waals surface area (Å²) in [5.41, 5.74) is 0. The Bertz CT molecular complexity index is 1330. The third kappa shape index (κ3) is 6.53. The molecule has 2 heterocycles. The lowest BCUT2D eigenvalue weighted by molar-refractivity contribution is -0.0889.